The van der Waals surface area contributed by atoms with Gasteiger partial charge < -0.3 is 10.2 Å². The van der Waals surface area contributed by atoms with Crippen molar-refractivity contribution in [2.24, 2.45) is 5.10 Å². The first-order valence-corrected chi connectivity index (χ1v) is 9.61. The molecule has 2 heterocycles. The predicted molar refractivity (Wildman–Crippen MR) is 102 cm³/mol. The van der Waals surface area contributed by atoms with Gasteiger partial charge in [-0.1, -0.05) is 30.3 Å². The second-order valence-electron chi connectivity index (χ2n) is 6.87. The molecule has 27 heavy (non-hydrogen) atoms. The van der Waals surface area contributed by atoms with E-state index in [0.29, 0.717) is 32.4 Å². The normalized spacial score (nSPS) is 17.3. The van der Waals surface area contributed by atoms with Crippen LogP contribution in [0.15, 0.2) is 35.4 Å². The Hall–Kier alpha value is -2.70. The van der Waals surface area contributed by atoms with Crippen LogP contribution in [0.1, 0.15) is 44.1 Å². The maximum atomic E-state index is 12.1. The van der Waals surface area contributed by atoms with Crippen LogP contribution in [0.5, 0.6) is 0 Å². The number of nitrogens with one attached hydrogen (secondary N) is 1. The zero-order valence-corrected chi connectivity index (χ0v) is 15.5. The summed E-state index contributed by atoms with van der Waals surface area (Å²) in [5.74, 6) is 0.0598. The van der Waals surface area contributed by atoms with E-state index in [9.17, 15) is 14.4 Å². The van der Waals surface area contributed by atoms with Crippen LogP contribution in [-0.4, -0.2) is 59.5 Å². The van der Waals surface area contributed by atoms with Crippen molar-refractivity contribution in [2.45, 2.75) is 38.5 Å². The topological polar surface area (TPSA) is 82.1 Å². The second kappa shape index (κ2) is 9.30. The number of benzene rings is 1. The highest BCUT2D eigenvalue weighted by atomic mass is 16.2. The number of rotatable bonds is 8. The lowest BCUT2D eigenvalue weighted by Gasteiger charge is -2.23. The quantitative estimate of drug-likeness (QED) is 0.705. The smallest absolute Gasteiger partial charge is 0.243 e. The van der Waals surface area contributed by atoms with E-state index in [1.165, 1.54) is 5.01 Å². The molecule has 1 N–H and O–H groups in total. The largest absolute Gasteiger partial charge is 0.356 e. The summed E-state index contributed by atoms with van der Waals surface area (Å²) < 4.78 is 0. The molecule has 0 saturated carbocycles. The number of hydrogen-bond acceptors (Lipinski definition) is 4. The van der Waals surface area contributed by atoms with Crippen LogP contribution in [-0.2, 0) is 14.4 Å². The number of carbonyl (C=O) groups excluding carboxylic acids is 3. The highest BCUT2D eigenvalue weighted by Crippen LogP contribution is 2.15. The summed E-state index contributed by atoms with van der Waals surface area (Å²) in [5, 5.41) is 8.70. The summed E-state index contributed by atoms with van der Waals surface area (Å²) in [6, 6.07) is 9.79. The molecule has 2 aliphatic rings. The lowest BCUT2D eigenvalue weighted by atomic mass is 10.0. The second-order valence-corrected chi connectivity index (χ2v) is 6.87. The molecular formula is C20H26N4O3. The third kappa shape index (κ3) is 5.39. The molecule has 0 aromatic heterocycles. The Kier molecular flexibility index (Phi) is 6.57. The Labute approximate surface area is 159 Å². The SMILES string of the molecule is O=C(CCN1N=C(c2ccccc2)CCC1=O)NCCCN1CCCC1=O. The maximum Gasteiger partial charge on any atom is 0.243 e. The van der Waals surface area contributed by atoms with Crippen molar-refractivity contribution in [3.05, 3.63) is 35.9 Å². The van der Waals surface area contributed by atoms with Gasteiger partial charge in [0.25, 0.3) is 0 Å². The first kappa shape index (κ1) is 19.1. The van der Waals surface area contributed by atoms with Gasteiger partial charge in [-0.25, -0.2) is 5.01 Å². The van der Waals surface area contributed by atoms with E-state index in [2.05, 4.69) is 10.4 Å². The van der Waals surface area contributed by atoms with E-state index in [0.717, 1.165) is 30.7 Å². The Bertz CT molecular complexity index is 717. The molecule has 1 fully saturated rings. The molecule has 0 aliphatic carbocycles. The fourth-order valence-electron chi connectivity index (χ4n) is 3.35. The molecule has 3 rings (SSSR count). The summed E-state index contributed by atoms with van der Waals surface area (Å²) in [4.78, 5) is 37.5. The van der Waals surface area contributed by atoms with Crippen molar-refractivity contribution < 1.29 is 14.4 Å². The van der Waals surface area contributed by atoms with E-state index in [1.54, 1.807) is 0 Å². The lowest BCUT2D eigenvalue weighted by Crippen LogP contribution is -2.36. The van der Waals surface area contributed by atoms with Gasteiger partial charge in [0, 0.05) is 45.3 Å². The maximum absolute atomic E-state index is 12.1. The van der Waals surface area contributed by atoms with Crippen LogP contribution in [0.25, 0.3) is 0 Å². The van der Waals surface area contributed by atoms with Crippen LogP contribution >= 0.6 is 0 Å². The van der Waals surface area contributed by atoms with Crippen molar-refractivity contribution in [3.63, 3.8) is 0 Å². The average Bonchev–Trinajstić information content (AvgIpc) is 3.10. The van der Waals surface area contributed by atoms with Crippen molar-refractivity contribution >= 4 is 23.4 Å². The molecule has 1 aromatic rings. The van der Waals surface area contributed by atoms with Crippen LogP contribution in [0.4, 0.5) is 0 Å². The molecule has 144 valence electrons. The lowest BCUT2D eigenvalue weighted by molar-refractivity contribution is -0.132. The van der Waals surface area contributed by atoms with Gasteiger partial charge in [0.15, 0.2) is 0 Å². The minimum atomic E-state index is -0.0995. The average molecular weight is 370 g/mol. The molecular weight excluding hydrogens is 344 g/mol. The zero-order chi connectivity index (χ0) is 19.1. The fourth-order valence-corrected chi connectivity index (χ4v) is 3.35. The third-order valence-electron chi connectivity index (χ3n) is 4.86. The van der Waals surface area contributed by atoms with Gasteiger partial charge in [-0.05, 0) is 18.4 Å². The van der Waals surface area contributed by atoms with Gasteiger partial charge in [0.1, 0.15) is 0 Å². The summed E-state index contributed by atoms with van der Waals surface area (Å²) in [7, 11) is 0. The number of carbonyl (C=O) groups is 3. The highest BCUT2D eigenvalue weighted by Gasteiger charge is 2.22. The van der Waals surface area contributed by atoms with Crippen LogP contribution in [0, 0.1) is 0 Å². The van der Waals surface area contributed by atoms with Crippen LogP contribution in [0.3, 0.4) is 0 Å². The summed E-state index contributed by atoms with van der Waals surface area (Å²) in [5.41, 5.74) is 1.89. The van der Waals surface area contributed by atoms with Gasteiger partial charge in [0.2, 0.25) is 17.7 Å². The van der Waals surface area contributed by atoms with E-state index in [-0.39, 0.29) is 30.7 Å². The van der Waals surface area contributed by atoms with Crippen molar-refractivity contribution in [2.75, 3.05) is 26.2 Å². The molecule has 7 nitrogen and oxygen atoms in total. The van der Waals surface area contributed by atoms with E-state index >= 15 is 0 Å². The molecule has 0 atom stereocenters. The Morgan fingerprint density at radius 1 is 1.04 bits per heavy atom. The number of hydrazone groups is 1. The molecule has 0 bridgehead atoms. The Morgan fingerprint density at radius 2 is 1.85 bits per heavy atom. The summed E-state index contributed by atoms with van der Waals surface area (Å²) >= 11 is 0. The van der Waals surface area contributed by atoms with Crippen molar-refractivity contribution in [1.29, 1.82) is 0 Å². The summed E-state index contributed by atoms with van der Waals surface area (Å²) in [6.45, 7) is 2.33. The zero-order valence-electron chi connectivity index (χ0n) is 15.5. The summed E-state index contributed by atoms with van der Waals surface area (Å²) in [6.07, 6.45) is 3.58. The predicted octanol–water partition coefficient (Wildman–Crippen LogP) is 1.53. The number of nitrogens with zero attached hydrogens (tertiary/aromatic N) is 3. The highest BCUT2D eigenvalue weighted by molar-refractivity contribution is 6.04. The minimum Gasteiger partial charge on any atom is -0.356 e. The fraction of sp³-hybridized carbons (Fsp3) is 0.500. The van der Waals surface area contributed by atoms with E-state index < -0.39 is 0 Å². The minimum absolute atomic E-state index is 0.0463. The molecule has 0 spiro atoms. The van der Waals surface area contributed by atoms with Crippen molar-refractivity contribution in [3.8, 4) is 0 Å². The van der Waals surface area contributed by atoms with Gasteiger partial charge in [-0.15, -0.1) is 0 Å². The molecule has 0 unspecified atom stereocenters. The first-order chi connectivity index (χ1) is 13.1. The molecule has 1 aromatic carbocycles. The van der Waals surface area contributed by atoms with E-state index in [1.807, 2.05) is 35.2 Å². The molecule has 3 amide bonds. The van der Waals surface area contributed by atoms with Gasteiger partial charge in [-0.3, -0.25) is 14.4 Å². The third-order valence-corrected chi connectivity index (χ3v) is 4.86. The number of amides is 3. The molecule has 2 aliphatic heterocycles. The Morgan fingerprint density at radius 3 is 2.59 bits per heavy atom. The van der Waals surface area contributed by atoms with Gasteiger partial charge in [-0.2, -0.15) is 5.10 Å². The standard InChI is InChI=1S/C20H26N4O3/c25-18(21-12-5-14-23-13-4-8-19(23)26)11-15-24-20(27)10-9-17(22-24)16-6-2-1-3-7-16/h1-3,6-7H,4-5,8-15H2,(H,21,25). The van der Waals surface area contributed by atoms with Crippen LogP contribution in [0.2, 0.25) is 0 Å². The van der Waals surface area contributed by atoms with E-state index in [4.69, 9.17) is 0 Å². The number of hydrogen-bond donors (Lipinski definition) is 1. The molecule has 0 radical (unpaired) electrons. The molecule has 1 saturated heterocycles. The van der Waals surface area contributed by atoms with Crippen LogP contribution < -0.4 is 5.32 Å². The number of likely N-dealkylation sites (tertiary alicyclic amines) is 1. The molecule has 7 heteroatoms. The van der Waals surface area contributed by atoms with Gasteiger partial charge in [0.05, 0.1) is 12.3 Å². The van der Waals surface area contributed by atoms with Gasteiger partial charge >= 0.3 is 0 Å². The Balaban J connectivity index is 1.40. The first-order valence-electron chi connectivity index (χ1n) is 9.61. The monoisotopic (exact) mass is 370 g/mol. The van der Waals surface area contributed by atoms with Crippen molar-refractivity contribution in [1.82, 2.24) is 15.2 Å².